The molecule has 0 aromatic carbocycles. The number of anilines is 1. The molecule has 3 aromatic rings. The first-order chi connectivity index (χ1) is 9.34. The normalized spacial score (nSPS) is 12.2. The smallest absolute Gasteiger partial charge is 0.212 e. The summed E-state index contributed by atoms with van der Waals surface area (Å²) in [7, 11) is 0. The fourth-order valence-electron chi connectivity index (χ4n) is 1.79. The first-order valence-electron chi connectivity index (χ1n) is 6.13. The highest BCUT2D eigenvalue weighted by Gasteiger charge is 2.20. The van der Waals surface area contributed by atoms with Gasteiger partial charge in [0, 0.05) is 17.2 Å². The lowest BCUT2D eigenvalue weighted by molar-refractivity contribution is 0.572. The predicted octanol–water partition coefficient (Wildman–Crippen LogP) is 3.39. The molecule has 0 unspecified atom stereocenters. The zero-order valence-electron chi connectivity index (χ0n) is 11.4. The minimum atomic E-state index is 0.00627. The van der Waals surface area contributed by atoms with Crippen molar-refractivity contribution in [1.29, 1.82) is 0 Å². The molecule has 3 heterocycles. The van der Waals surface area contributed by atoms with Gasteiger partial charge in [0.05, 0.1) is 16.9 Å². The van der Waals surface area contributed by atoms with Gasteiger partial charge >= 0.3 is 0 Å². The lowest BCUT2D eigenvalue weighted by Crippen LogP contribution is -2.11. The van der Waals surface area contributed by atoms with Crippen LogP contribution in [0.15, 0.2) is 18.5 Å². The van der Waals surface area contributed by atoms with Gasteiger partial charge in [0.2, 0.25) is 4.96 Å². The standard InChI is InChI=1S/C13H14ClN5S/c1-13(2,3)9-6-19-12(17-9)20-11(18-19)7-4-10(15)16-5-8(7)14/h4-6H,1-3H3,(H2,15,16). The van der Waals surface area contributed by atoms with E-state index in [1.165, 1.54) is 17.5 Å². The molecular formula is C13H14ClN5S. The van der Waals surface area contributed by atoms with E-state index in [-0.39, 0.29) is 5.41 Å². The van der Waals surface area contributed by atoms with Crippen molar-refractivity contribution in [3.8, 4) is 10.6 Å². The molecule has 0 saturated carbocycles. The molecule has 0 radical (unpaired) electrons. The van der Waals surface area contributed by atoms with Crippen LogP contribution in [-0.2, 0) is 5.41 Å². The number of nitrogen functional groups attached to an aromatic ring is 1. The van der Waals surface area contributed by atoms with Gasteiger partial charge in [-0.2, -0.15) is 5.10 Å². The summed E-state index contributed by atoms with van der Waals surface area (Å²) in [6, 6.07) is 1.73. The lowest BCUT2D eigenvalue weighted by Gasteiger charge is -2.13. The highest BCUT2D eigenvalue weighted by molar-refractivity contribution is 7.19. The minimum absolute atomic E-state index is 0.00627. The SMILES string of the molecule is CC(C)(C)c1cn2nc(-c3cc(N)ncc3Cl)sc2n1. The molecule has 0 aliphatic heterocycles. The molecule has 0 fully saturated rings. The van der Waals surface area contributed by atoms with Crippen LogP contribution in [0, 0.1) is 0 Å². The van der Waals surface area contributed by atoms with Crippen LogP contribution in [0.25, 0.3) is 15.5 Å². The Bertz CT molecular complexity index is 752. The van der Waals surface area contributed by atoms with Crippen LogP contribution in [0.4, 0.5) is 5.82 Å². The van der Waals surface area contributed by atoms with E-state index in [1.807, 2.05) is 6.20 Å². The highest BCUT2D eigenvalue weighted by atomic mass is 35.5. The summed E-state index contributed by atoms with van der Waals surface area (Å²) in [5.74, 6) is 0.424. The van der Waals surface area contributed by atoms with Crippen LogP contribution in [0.3, 0.4) is 0 Å². The van der Waals surface area contributed by atoms with Crippen LogP contribution in [-0.4, -0.2) is 19.6 Å². The summed E-state index contributed by atoms with van der Waals surface area (Å²) in [5, 5.41) is 5.84. The molecule has 3 aromatic heterocycles. The van der Waals surface area contributed by atoms with Gasteiger partial charge in [0.15, 0.2) is 0 Å². The maximum Gasteiger partial charge on any atom is 0.212 e. The first-order valence-corrected chi connectivity index (χ1v) is 7.32. The Balaban J connectivity index is 2.10. The average Bonchev–Trinajstić information content (AvgIpc) is 2.89. The predicted molar refractivity (Wildman–Crippen MR) is 82.2 cm³/mol. The molecule has 20 heavy (non-hydrogen) atoms. The van der Waals surface area contributed by atoms with E-state index in [2.05, 4.69) is 35.8 Å². The third-order valence-corrected chi connectivity index (χ3v) is 4.18. The average molecular weight is 308 g/mol. The number of nitrogens with two attached hydrogens (primary N) is 1. The second kappa shape index (κ2) is 4.43. The van der Waals surface area contributed by atoms with Gasteiger partial charge in [-0.1, -0.05) is 43.7 Å². The van der Waals surface area contributed by atoms with Gasteiger partial charge in [0.25, 0.3) is 0 Å². The van der Waals surface area contributed by atoms with Crippen LogP contribution >= 0.6 is 22.9 Å². The molecule has 5 nitrogen and oxygen atoms in total. The fourth-order valence-corrected chi connectivity index (χ4v) is 2.95. The molecule has 0 atom stereocenters. The van der Waals surface area contributed by atoms with Crippen molar-refractivity contribution >= 4 is 33.7 Å². The van der Waals surface area contributed by atoms with E-state index < -0.39 is 0 Å². The van der Waals surface area contributed by atoms with Crippen molar-refractivity contribution < 1.29 is 0 Å². The van der Waals surface area contributed by atoms with E-state index in [1.54, 1.807) is 10.6 Å². The molecule has 0 aliphatic rings. The molecule has 0 saturated heterocycles. The number of hydrogen-bond acceptors (Lipinski definition) is 5. The van der Waals surface area contributed by atoms with E-state index in [4.69, 9.17) is 17.3 Å². The zero-order chi connectivity index (χ0) is 14.5. The molecule has 0 amide bonds. The topological polar surface area (TPSA) is 69.1 Å². The van der Waals surface area contributed by atoms with Crippen LogP contribution < -0.4 is 5.73 Å². The molecule has 0 spiro atoms. The van der Waals surface area contributed by atoms with E-state index in [0.29, 0.717) is 10.8 Å². The Hall–Kier alpha value is -1.66. The third kappa shape index (κ3) is 2.25. The van der Waals surface area contributed by atoms with Crippen molar-refractivity contribution in [3.05, 3.63) is 29.2 Å². The van der Waals surface area contributed by atoms with E-state index in [9.17, 15) is 0 Å². The summed E-state index contributed by atoms with van der Waals surface area (Å²) >= 11 is 7.63. The van der Waals surface area contributed by atoms with Crippen molar-refractivity contribution in [2.75, 3.05) is 5.73 Å². The quantitative estimate of drug-likeness (QED) is 0.748. The number of hydrogen-bond donors (Lipinski definition) is 1. The second-order valence-electron chi connectivity index (χ2n) is 5.60. The number of fused-ring (bicyclic) bond motifs is 1. The Labute approximate surface area is 125 Å². The Kier molecular flexibility index (Phi) is 2.95. The van der Waals surface area contributed by atoms with E-state index >= 15 is 0 Å². The molecule has 7 heteroatoms. The fraction of sp³-hybridized carbons (Fsp3) is 0.308. The maximum absolute atomic E-state index is 6.15. The number of halogens is 1. The monoisotopic (exact) mass is 307 g/mol. The summed E-state index contributed by atoms with van der Waals surface area (Å²) in [6.07, 6.45) is 3.49. The summed E-state index contributed by atoms with van der Waals surface area (Å²) in [6.45, 7) is 6.38. The van der Waals surface area contributed by atoms with Crippen LogP contribution in [0.5, 0.6) is 0 Å². The molecular weight excluding hydrogens is 294 g/mol. The Morgan fingerprint density at radius 3 is 2.75 bits per heavy atom. The van der Waals surface area contributed by atoms with Gasteiger partial charge in [-0.3, -0.25) is 0 Å². The third-order valence-electron chi connectivity index (χ3n) is 2.92. The molecule has 104 valence electrons. The van der Waals surface area contributed by atoms with Crippen LogP contribution in [0.2, 0.25) is 5.02 Å². The van der Waals surface area contributed by atoms with Gasteiger partial charge in [-0.15, -0.1) is 0 Å². The summed E-state index contributed by atoms with van der Waals surface area (Å²) in [4.78, 5) is 9.41. The van der Waals surface area contributed by atoms with Gasteiger partial charge in [0.1, 0.15) is 10.8 Å². The largest absolute Gasteiger partial charge is 0.384 e. The number of imidazole rings is 1. The maximum atomic E-state index is 6.15. The van der Waals surface area contributed by atoms with Gasteiger partial charge in [-0.05, 0) is 6.07 Å². The van der Waals surface area contributed by atoms with Gasteiger partial charge < -0.3 is 5.73 Å². The van der Waals surface area contributed by atoms with E-state index in [0.717, 1.165) is 21.2 Å². The zero-order valence-corrected chi connectivity index (χ0v) is 13.0. The molecule has 3 rings (SSSR count). The van der Waals surface area contributed by atoms with Gasteiger partial charge in [-0.25, -0.2) is 14.5 Å². The Morgan fingerprint density at radius 1 is 1.35 bits per heavy atom. The summed E-state index contributed by atoms with van der Waals surface area (Å²) in [5.41, 5.74) is 7.51. The van der Waals surface area contributed by atoms with Crippen LogP contribution in [0.1, 0.15) is 26.5 Å². The number of rotatable bonds is 1. The van der Waals surface area contributed by atoms with Crippen molar-refractivity contribution in [1.82, 2.24) is 19.6 Å². The Morgan fingerprint density at radius 2 is 2.10 bits per heavy atom. The minimum Gasteiger partial charge on any atom is -0.384 e. The lowest BCUT2D eigenvalue weighted by atomic mass is 9.93. The number of nitrogens with zero attached hydrogens (tertiary/aromatic N) is 4. The molecule has 2 N–H and O–H groups in total. The number of aromatic nitrogens is 4. The van der Waals surface area contributed by atoms with Crippen molar-refractivity contribution in [2.24, 2.45) is 0 Å². The molecule has 0 bridgehead atoms. The number of pyridine rings is 1. The highest BCUT2D eigenvalue weighted by Crippen LogP contribution is 2.33. The van der Waals surface area contributed by atoms with Crippen molar-refractivity contribution in [2.45, 2.75) is 26.2 Å². The first kappa shape index (κ1) is 13.3. The van der Waals surface area contributed by atoms with Crippen molar-refractivity contribution in [3.63, 3.8) is 0 Å². The molecule has 0 aliphatic carbocycles. The summed E-state index contributed by atoms with van der Waals surface area (Å²) < 4.78 is 1.79. The second-order valence-corrected chi connectivity index (χ2v) is 6.96.